The molecule has 0 saturated carbocycles. The van der Waals surface area contributed by atoms with Crippen LogP contribution in [0.3, 0.4) is 0 Å². The first-order valence-electron chi connectivity index (χ1n) is 8.72. The summed E-state index contributed by atoms with van der Waals surface area (Å²) in [5.74, 6) is 0.857. The van der Waals surface area contributed by atoms with Crippen LogP contribution >= 0.6 is 11.6 Å². The summed E-state index contributed by atoms with van der Waals surface area (Å²) in [4.78, 5) is 0. The second-order valence-electron chi connectivity index (χ2n) is 6.08. The molecule has 4 heteroatoms. The predicted octanol–water partition coefficient (Wildman–Crippen LogP) is 5.75. The molecule has 0 aliphatic carbocycles. The van der Waals surface area contributed by atoms with E-state index in [9.17, 15) is 0 Å². The maximum atomic E-state index is 6.06. The van der Waals surface area contributed by atoms with Crippen molar-refractivity contribution in [3.63, 3.8) is 0 Å². The fourth-order valence-electron chi connectivity index (χ4n) is 2.65. The molecule has 0 unspecified atom stereocenters. The number of para-hydroxylation sites is 2. The number of rotatable bonds is 8. The van der Waals surface area contributed by atoms with E-state index in [2.05, 4.69) is 29.7 Å². The second-order valence-corrected chi connectivity index (χ2v) is 6.52. The van der Waals surface area contributed by atoms with Crippen molar-refractivity contribution in [2.24, 2.45) is 0 Å². The van der Waals surface area contributed by atoms with Crippen molar-refractivity contribution in [3.8, 4) is 5.75 Å². The van der Waals surface area contributed by atoms with Crippen molar-refractivity contribution in [3.05, 3.63) is 88.9 Å². The maximum Gasteiger partial charge on any atom is 0.142 e. The van der Waals surface area contributed by atoms with E-state index in [4.69, 9.17) is 16.3 Å². The lowest BCUT2D eigenvalue weighted by molar-refractivity contribution is 0.307. The Morgan fingerprint density at radius 2 is 1.50 bits per heavy atom. The highest BCUT2D eigenvalue weighted by atomic mass is 35.5. The molecular formula is C22H23ClN2O. The van der Waals surface area contributed by atoms with E-state index in [1.165, 1.54) is 5.56 Å². The number of ether oxygens (including phenoxy) is 1. The van der Waals surface area contributed by atoms with Crippen LogP contribution in [-0.2, 0) is 6.61 Å². The quantitative estimate of drug-likeness (QED) is 0.498. The lowest BCUT2D eigenvalue weighted by Crippen LogP contribution is -2.14. The van der Waals surface area contributed by atoms with Crippen LogP contribution in [-0.4, -0.2) is 13.1 Å². The molecular weight excluding hydrogens is 344 g/mol. The van der Waals surface area contributed by atoms with Gasteiger partial charge < -0.3 is 15.4 Å². The highest BCUT2D eigenvalue weighted by Gasteiger charge is 2.03. The van der Waals surface area contributed by atoms with Crippen LogP contribution in [0.15, 0.2) is 72.8 Å². The first-order valence-corrected chi connectivity index (χ1v) is 9.10. The zero-order valence-corrected chi connectivity index (χ0v) is 15.6. The van der Waals surface area contributed by atoms with E-state index in [1.54, 1.807) is 0 Å². The van der Waals surface area contributed by atoms with E-state index in [1.807, 2.05) is 60.7 Å². The third kappa shape index (κ3) is 5.17. The summed E-state index contributed by atoms with van der Waals surface area (Å²) in [6.45, 7) is 4.18. The van der Waals surface area contributed by atoms with Gasteiger partial charge in [0.15, 0.2) is 0 Å². The summed E-state index contributed by atoms with van der Waals surface area (Å²) in [7, 11) is 0. The number of nitrogens with one attached hydrogen (secondary N) is 2. The molecule has 0 aliphatic rings. The number of hydrogen-bond acceptors (Lipinski definition) is 3. The molecule has 0 radical (unpaired) electrons. The average molecular weight is 367 g/mol. The van der Waals surface area contributed by atoms with Gasteiger partial charge in [0, 0.05) is 23.8 Å². The minimum Gasteiger partial charge on any atom is -0.487 e. The van der Waals surface area contributed by atoms with Gasteiger partial charge in [0.05, 0.1) is 5.69 Å². The van der Waals surface area contributed by atoms with Crippen LogP contribution in [0.2, 0.25) is 5.02 Å². The SMILES string of the molecule is Cc1ccc(Cl)cc1NCCNc1ccccc1OCc1ccccc1. The van der Waals surface area contributed by atoms with E-state index in [-0.39, 0.29) is 0 Å². The average Bonchev–Trinajstić information content (AvgIpc) is 2.67. The molecule has 0 saturated heterocycles. The largest absolute Gasteiger partial charge is 0.487 e. The Labute approximate surface area is 160 Å². The third-order valence-electron chi connectivity index (χ3n) is 4.08. The molecule has 3 nitrogen and oxygen atoms in total. The number of benzene rings is 3. The van der Waals surface area contributed by atoms with Gasteiger partial charge in [0.2, 0.25) is 0 Å². The molecule has 3 aromatic carbocycles. The minimum absolute atomic E-state index is 0.555. The fourth-order valence-corrected chi connectivity index (χ4v) is 2.82. The Morgan fingerprint density at radius 1 is 0.808 bits per heavy atom. The van der Waals surface area contributed by atoms with Crippen molar-refractivity contribution in [1.29, 1.82) is 0 Å². The Bertz CT molecular complexity index is 837. The van der Waals surface area contributed by atoms with Crippen LogP contribution in [0.4, 0.5) is 11.4 Å². The van der Waals surface area contributed by atoms with Gasteiger partial charge in [-0.2, -0.15) is 0 Å². The van der Waals surface area contributed by atoms with Crippen LogP contribution < -0.4 is 15.4 Å². The van der Waals surface area contributed by atoms with Crippen molar-refractivity contribution in [2.75, 3.05) is 23.7 Å². The minimum atomic E-state index is 0.555. The van der Waals surface area contributed by atoms with E-state index in [0.717, 1.165) is 40.8 Å². The first-order chi connectivity index (χ1) is 12.7. The molecule has 134 valence electrons. The number of anilines is 2. The standard InChI is InChI=1S/C22H23ClN2O/c1-17-11-12-19(23)15-21(17)25-14-13-24-20-9-5-6-10-22(20)26-16-18-7-3-2-4-8-18/h2-12,15,24-25H,13-14,16H2,1H3. The normalized spacial score (nSPS) is 10.4. The molecule has 0 aromatic heterocycles. The fraction of sp³-hybridized carbons (Fsp3) is 0.182. The zero-order valence-electron chi connectivity index (χ0n) is 14.8. The molecule has 0 amide bonds. The molecule has 0 heterocycles. The third-order valence-corrected chi connectivity index (χ3v) is 4.31. The second kappa shape index (κ2) is 9.16. The number of aryl methyl sites for hydroxylation is 1. The summed E-state index contributed by atoms with van der Waals surface area (Å²) in [5, 5.41) is 7.59. The molecule has 2 N–H and O–H groups in total. The summed E-state index contributed by atoms with van der Waals surface area (Å²) < 4.78 is 5.97. The highest BCUT2D eigenvalue weighted by molar-refractivity contribution is 6.30. The zero-order chi connectivity index (χ0) is 18.2. The van der Waals surface area contributed by atoms with Crippen molar-refractivity contribution in [1.82, 2.24) is 0 Å². The number of hydrogen-bond donors (Lipinski definition) is 2. The molecule has 0 fully saturated rings. The summed E-state index contributed by atoms with van der Waals surface area (Å²) in [6, 6.07) is 24.1. The van der Waals surface area contributed by atoms with Crippen molar-refractivity contribution >= 4 is 23.0 Å². The monoisotopic (exact) mass is 366 g/mol. The number of halogens is 1. The Hall–Kier alpha value is -2.65. The van der Waals surface area contributed by atoms with Gasteiger partial charge in [-0.3, -0.25) is 0 Å². The molecule has 26 heavy (non-hydrogen) atoms. The van der Waals surface area contributed by atoms with E-state index in [0.29, 0.717) is 6.61 Å². The lowest BCUT2D eigenvalue weighted by atomic mass is 10.2. The van der Waals surface area contributed by atoms with Crippen LogP contribution in [0.1, 0.15) is 11.1 Å². The van der Waals surface area contributed by atoms with E-state index < -0.39 is 0 Å². The van der Waals surface area contributed by atoms with Crippen molar-refractivity contribution in [2.45, 2.75) is 13.5 Å². The highest BCUT2D eigenvalue weighted by Crippen LogP contribution is 2.25. The smallest absolute Gasteiger partial charge is 0.142 e. The van der Waals surface area contributed by atoms with Crippen molar-refractivity contribution < 1.29 is 4.74 Å². The predicted molar refractivity (Wildman–Crippen MR) is 110 cm³/mol. The lowest BCUT2D eigenvalue weighted by Gasteiger charge is -2.14. The molecule has 0 bridgehead atoms. The topological polar surface area (TPSA) is 33.3 Å². The maximum absolute atomic E-state index is 6.06. The molecule has 0 aliphatic heterocycles. The Morgan fingerprint density at radius 3 is 2.31 bits per heavy atom. The van der Waals surface area contributed by atoms with Gasteiger partial charge in [-0.05, 0) is 42.3 Å². The van der Waals surface area contributed by atoms with Crippen LogP contribution in [0, 0.1) is 6.92 Å². The van der Waals surface area contributed by atoms with Gasteiger partial charge in [-0.15, -0.1) is 0 Å². The Balaban J connectivity index is 1.52. The van der Waals surface area contributed by atoms with Gasteiger partial charge in [-0.1, -0.05) is 60.1 Å². The summed E-state index contributed by atoms with van der Waals surface area (Å²) in [5.41, 5.74) is 4.39. The molecule has 0 atom stereocenters. The first kappa shape index (κ1) is 18.2. The van der Waals surface area contributed by atoms with Crippen LogP contribution in [0.25, 0.3) is 0 Å². The van der Waals surface area contributed by atoms with E-state index >= 15 is 0 Å². The summed E-state index contributed by atoms with van der Waals surface area (Å²) in [6.07, 6.45) is 0. The van der Waals surface area contributed by atoms with Gasteiger partial charge in [-0.25, -0.2) is 0 Å². The summed E-state index contributed by atoms with van der Waals surface area (Å²) >= 11 is 6.06. The Kier molecular flexibility index (Phi) is 6.39. The molecule has 3 aromatic rings. The van der Waals surface area contributed by atoms with Gasteiger partial charge in [0.25, 0.3) is 0 Å². The molecule has 0 spiro atoms. The van der Waals surface area contributed by atoms with Gasteiger partial charge >= 0.3 is 0 Å². The van der Waals surface area contributed by atoms with Gasteiger partial charge in [0.1, 0.15) is 12.4 Å². The molecule has 3 rings (SSSR count). The van der Waals surface area contributed by atoms with Crippen LogP contribution in [0.5, 0.6) is 5.75 Å².